The normalized spacial score (nSPS) is 12.1. The molecule has 1 rings (SSSR count). The van der Waals surface area contributed by atoms with E-state index in [1.165, 1.54) is 6.92 Å². The van der Waals surface area contributed by atoms with Crippen LogP contribution in [0.5, 0.6) is 0 Å². The van der Waals surface area contributed by atoms with Gasteiger partial charge in [-0.25, -0.2) is 4.79 Å². The maximum absolute atomic E-state index is 10.5. The minimum atomic E-state index is -1.11. The Hall–Kier alpha value is -1.77. The zero-order chi connectivity index (χ0) is 9.84. The molecular formula is C10H10O3. The van der Waals surface area contributed by atoms with E-state index >= 15 is 0 Å². The highest BCUT2D eigenvalue weighted by atomic mass is 16.4. The highest BCUT2D eigenvalue weighted by Gasteiger charge is 2.08. The molecule has 1 aromatic rings. The van der Waals surface area contributed by atoms with Crippen LogP contribution in [0.25, 0.3) is 5.76 Å². The van der Waals surface area contributed by atoms with Crippen molar-refractivity contribution in [2.24, 2.45) is 0 Å². The first-order valence-electron chi connectivity index (χ1n) is 3.81. The number of hydrogen-bond donors (Lipinski definition) is 2. The first kappa shape index (κ1) is 9.32. The molecule has 0 radical (unpaired) electrons. The Morgan fingerprint density at radius 3 is 2.15 bits per heavy atom. The Morgan fingerprint density at radius 2 is 1.69 bits per heavy atom. The third-order valence-corrected chi connectivity index (χ3v) is 1.72. The van der Waals surface area contributed by atoms with Crippen molar-refractivity contribution in [3.05, 3.63) is 41.5 Å². The number of aliphatic carboxylic acids is 1. The third kappa shape index (κ3) is 2.08. The summed E-state index contributed by atoms with van der Waals surface area (Å²) in [5.41, 5.74) is 0.466. The van der Waals surface area contributed by atoms with Crippen molar-refractivity contribution >= 4 is 11.7 Å². The number of aliphatic hydroxyl groups is 1. The molecule has 0 aromatic heterocycles. The van der Waals surface area contributed by atoms with Crippen molar-refractivity contribution in [3.63, 3.8) is 0 Å². The van der Waals surface area contributed by atoms with Crippen LogP contribution in [-0.4, -0.2) is 16.2 Å². The summed E-state index contributed by atoms with van der Waals surface area (Å²) in [4.78, 5) is 10.5. The van der Waals surface area contributed by atoms with Gasteiger partial charge in [-0.1, -0.05) is 30.3 Å². The average molecular weight is 178 g/mol. The van der Waals surface area contributed by atoms with E-state index in [1.807, 2.05) is 0 Å². The summed E-state index contributed by atoms with van der Waals surface area (Å²) < 4.78 is 0. The fourth-order valence-corrected chi connectivity index (χ4v) is 0.914. The van der Waals surface area contributed by atoms with E-state index < -0.39 is 5.97 Å². The van der Waals surface area contributed by atoms with Crippen LogP contribution >= 0.6 is 0 Å². The van der Waals surface area contributed by atoms with Gasteiger partial charge in [0.1, 0.15) is 5.76 Å². The maximum Gasteiger partial charge on any atom is 0.335 e. The number of carboxylic acid groups (broad SMARTS) is 1. The van der Waals surface area contributed by atoms with E-state index in [2.05, 4.69) is 0 Å². The average Bonchev–Trinajstić information content (AvgIpc) is 2.17. The van der Waals surface area contributed by atoms with Crippen molar-refractivity contribution in [1.29, 1.82) is 0 Å². The number of carboxylic acids is 1. The van der Waals surface area contributed by atoms with Crippen LogP contribution in [0.15, 0.2) is 35.9 Å². The summed E-state index contributed by atoms with van der Waals surface area (Å²) in [5, 5.41) is 18.1. The predicted octanol–water partition coefficient (Wildman–Crippen LogP) is 2.06. The van der Waals surface area contributed by atoms with Crippen LogP contribution in [0.3, 0.4) is 0 Å². The Morgan fingerprint density at radius 1 is 1.15 bits per heavy atom. The van der Waals surface area contributed by atoms with Crippen molar-refractivity contribution in [2.75, 3.05) is 0 Å². The van der Waals surface area contributed by atoms with Crippen LogP contribution in [-0.2, 0) is 4.79 Å². The van der Waals surface area contributed by atoms with Gasteiger partial charge in [0, 0.05) is 5.56 Å². The lowest BCUT2D eigenvalue weighted by Gasteiger charge is -2.01. The van der Waals surface area contributed by atoms with Gasteiger partial charge >= 0.3 is 5.97 Å². The lowest BCUT2D eigenvalue weighted by molar-refractivity contribution is -0.132. The van der Waals surface area contributed by atoms with Gasteiger partial charge in [-0.3, -0.25) is 0 Å². The number of hydrogen-bond acceptors (Lipinski definition) is 2. The van der Waals surface area contributed by atoms with Crippen LogP contribution < -0.4 is 0 Å². The van der Waals surface area contributed by atoms with E-state index in [9.17, 15) is 9.90 Å². The molecule has 0 heterocycles. The van der Waals surface area contributed by atoms with E-state index in [1.54, 1.807) is 30.3 Å². The van der Waals surface area contributed by atoms with Gasteiger partial charge in [-0.15, -0.1) is 0 Å². The third-order valence-electron chi connectivity index (χ3n) is 1.72. The minimum Gasteiger partial charge on any atom is -0.507 e. The summed E-state index contributed by atoms with van der Waals surface area (Å²) in [6, 6.07) is 8.58. The molecule has 0 unspecified atom stereocenters. The van der Waals surface area contributed by atoms with Crippen molar-refractivity contribution < 1.29 is 15.0 Å². The molecule has 0 fully saturated rings. The van der Waals surface area contributed by atoms with E-state index in [0.717, 1.165) is 0 Å². The second-order valence-electron chi connectivity index (χ2n) is 2.64. The van der Waals surface area contributed by atoms with Gasteiger partial charge in [-0.2, -0.15) is 0 Å². The molecule has 3 nitrogen and oxygen atoms in total. The molecule has 0 amide bonds. The van der Waals surface area contributed by atoms with Crippen molar-refractivity contribution in [2.45, 2.75) is 6.92 Å². The molecule has 0 aliphatic carbocycles. The molecule has 1 aromatic carbocycles. The van der Waals surface area contributed by atoms with Crippen LogP contribution in [0, 0.1) is 0 Å². The fourth-order valence-electron chi connectivity index (χ4n) is 0.914. The number of benzene rings is 1. The van der Waals surface area contributed by atoms with Crippen molar-refractivity contribution in [1.82, 2.24) is 0 Å². The van der Waals surface area contributed by atoms with Crippen LogP contribution in [0.1, 0.15) is 12.5 Å². The highest BCUT2D eigenvalue weighted by Crippen LogP contribution is 2.14. The minimum absolute atomic E-state index is 0.0498. The predicted molar refractivity (Wildman–Crippen MR) is 49.3 cm³/mol. The molecular weight excluding hydrogens is 168 g/mol. The van der Waals surface area contributed by atoms with E-state index in [0.29, 0.717) is 5.56 Å². The molecule has 0 aliphatic rings. The highest BCUT2D eigenvalue weighted by molar-refractivity contribution is 5.93. The van der Waals surface area contributed by atoms with Crippen molar-refractivity contribution in [3.8, 4) is 0 Å². The van der Waals surface area contributed by atoms with Gasteiger partial charge in [0.15, 0.2) is 0 Å². The first-order chi connectivity index (χ1) is 6.13. The maximum atomic E-state index is 10.5. The van der Waals surface area contributed by atoms with Crippen LogP contribution in [0.2, 0.25) is 0 Å². The second-order valence-corrected chi connectivity index (χ2v) is 2.64. The lowest BCUT2D eigenvalue weighted by atomic mass is 10.1. The molecule has 0 bridgehead atoms. The smallest absolute Gasteiger partial charge is 0.335 e. The summed E-state index contributed by atoms with van der Waals surface area (Å²) in [6.45, 7) is 1.37. The summed E-state index contributed by atoms with van der Waals surface area (Å²) >= 11 is 0. The molecule has 3 heteroatoms. The number of aliphatic hydroxyl groups excluding tert-OH is 1. The molecule has 13 heavy (non-hydrogen) atoms. The SMILES string of the molecule is C/C(C(=O)O)=C(/O)c1ccccc1. The van der Waals surface area contributed by atoms with Gasteiger partial charge in [0.2, 0.25) is 0 Å². The molecule has 0 saturated heterocycles. The Bertz CT molecular complexity index is 338. The van der Waals surface area contributed by atoms with Crippen LogP contribution in [0.4, 0.5) is 0 Å². The van der Waals surface area contributed by atoms with Gasteiger partial charge in [0.05, 0.1) is 5.57 Å². The molecule has 68 valence electrons. The van der Waals surface area contributed by atoms with E-state index in [4.69, 9.17) is 5.11 Å². The first-order valence-corrected chi connectivity index (χ1v) is 3.81. The molecule has 0 spiro atoms. The summed E-state index contributed by atoms with van der Waals surface area (Å²) in [7, 11) is 0. The Labute approximate surface area is 76.0 Å². The topological polar surface area (TPSA) is 57.5 Å². The number of carbonyl (C=O) groups is 1. The quantitative estimate of drug-likeness (QED) is 0.538. The number of rotatable bonds is 2. The molecule has 2 N–H and O–H groups in total. The largest absolute Gasteiger partial charge is 0.507 e. The molecule has 0 aliphatic heterocycles. The summed E-state index contributed by atoms with van der Waals surface area (Å²) in [5.74, 6) is -1.30. The lowest BCUT2D eigenvalue weighted by Crippen LogP contribution is -2.00. The Balaban J connectivity index is 3.11. The zero-order valence-electron chi connectivity index (χ0n) is 7.19. The fraction of sp³-hybridized carbons (Fsp3) is 0.100. The second kappa shape index (κ2) is 3.76. The van der Waals surface area contributed by atoms with E-state index in [-0.39, 0.29) is 11.3 Å². The molecule has 0 saturated carbocycles. The molecule has 0 atom stereocenters. The van der Waals surface area contributed by atoms with Gasteiger partial charge in [-0.05, 0) is 6.92 Å². The van der Waals surface area contributed by atoms with Gasteiger partial charge in [0.25, 0.3) is 0 Å². The Kier molecular flexibility index (Phi) is 2.69. The standard InChI is InChI=1S/C10H10O3/c1-7(10(12)13)9(11)8-5-3-2-4-6-8/h2-6,11H,1H3,(H,12,13)/b9-7-. The van der Waals surface area contributed by atoms with Gasteiger partial charge < -0.3 is 10.2 Å². The summed E-state index contributed by atoms with van der Waals surface area (Å²) in [6.07, 6.45) is 0. The zero-order valence-corrected chi connectivity index (χ0v) is 7.19. The monoisotopic (exact) mass is 178 g/mol.